The third-order valence-electron chi connectivity index (χ3n) is 2.58. The minimum absolute atomic E-state index is 0.222. The Morgan fingerprint density at radius 3 is 2.83 bits per heavy atom. The third kappa shape index (κ3) is 2.20. The molecular weight excluding hydrogens is 232 g/mol. The van der Waals surface area contributed by atoms with E-state index in [1.807, 2.05) is 6.92 Å². The number of benzene rings is 1. The number of esters is 1. The Morgan fingerprint density at radius 1 is 1.33 bits per heavy atom. The number of carbonyl (C=O) groups excluding carboxylic acids is 1. The molecule has 0 saturated heterocycles. The summed E-state index contributed by atoms with van der Waals surface area (Å²) in [5, 5.41) is 0.593. The third-order valence-corrected chi connectivity index (χ3v) is 2.58. The van der Waals surface area contributed by atoms with Gasteiger partial charge in [0.2, 0.25) is 5.56 Å². The summed E-state index contributed by atoms with van der Waals surface area (Å²) in [6.07, 6.45) is 0.743. The van der Waals surface area contributed by atoms with E-state index in [0.717, 1.165) is 6.42 Å². The SMILES string of the molecule is CCCOC(=O)c1c(N)ccc2[nH]c(=O)ccc12. The van der Waals surface area contributed by atoms with Crippen molar-refractivity contribution in [2.45, 2.75) is 13.3 Å². The van der Waals surface area contributed by atoms with Crippen molar-refractivity contribution in [3.8, 4) is 0 Å². The lowest BCUT2D eigenvalue weighted by atomic mass is 10.1. The standard InChI is InChI=1S/C13H14N2O3/c1-2-7-18-13(17)12-8-3-6-11(16)15-10(8)5-4-9(12)14/h3-6H,2,7,14H2,1H3,(H,15,16). The molecule has 0 spiro atoms. The summed E-state index contributed by atoms with van der Waals surface area (Å²) < 4.78 is 5.09. The highest BCUT2D eigenvalue weighted by atomic mass is 16.5. The van der Waals surface area contributed by atoms with Crippen LogP contribution in [-0.4, -0.2) is 17.6 Å². The van der Waals surface area contributed by atoms with Gasteiger partial charge in [-0.1, -0.05) is 6.92 Å². The van der Waals surface area contributed by atoms with Crippen LogP contribution in [0.4, 0.5) is 5.69 Å². The van der Waals surface area contributed by atoms with Crippen molar-refractivity contribution in [1.29, 1.82) is 0 Å². The van der Waals surface area contributed by atoms with Crippen LogP contribution in [0.3, 0.4) is 0 Å². The quantitative estimate of drug-likeness (QED) is 0.637. The maximum Gasteiger partial charge on any atom is 0.340 e. The Hall–Kier alpha value is -2.30. The molecule has 0 aliphatic rings. The van der Waals surface area contributed by atoms with Gasteiger partial charge >= 0.3 is 5.97 Å². The number of hydrogen-bond donors (Lipinski definition) is 2. The van der Waals surface area contributed by atoms with Gasteiger partial charge in [0.1, 0.15) is 0 Å². The van der Waals surface area contributed by atoms with E-state index in [1.54, 1.807) is 18.2 Å². The van der Waals surface area contributed by atoms with Crippen molar-refractivity contribution in [3.05, 3.63) is 40.2 Å². The number of nitrogen functional groups attached to an aromatic ring is 1. The highest BCUT2D eigenvalue weighted by Gasteiger charge is 2.15. The van der Waals surface area contributed by atoms with Crippen LogP contribution < -0.4 is 11.3 Å². The Morgan fingerprint density at radius 2 is 2.11 bits per heavy atom. The fourth-order valence-corrected chi connectivity index (χ4v) is 1.75. The largest absolute Gasteiger partial charge is 0.462 e. The topological polar surface area (TPSA) is 85.2 Å². The lowest BCUT2D eigenvalue weighted by Crippen LogP contribution is -2.11. The Balaban J connectivity index is 2.57. The fourth-order valence-electron chi connectivity index (χ4n) is 1.75. The van der Waals surface area contributed by atoms with Crippen LogP contribution in [0.15, 0.2) is 29.1 Å². The summed E-state index contributed by atoms with van der Waals surface area (Å²) in [6.45, 7) is 2.26. The van der Waals surface area contributed by atoms with E-state index in [2.05, 4.69) is 4.98 Å². The van der Waals surface area contributed by atoms with Crippen molar-refractivity contribution in [2.24, 2.45) is 0 Å². The normalized spacial score (nSPS) is 10.5. The maximum absolute atomic E-state index is 11.9. The van der Waals surface area contributed by atoms with E-state index in [9.17, 15) is 9.59 Å². The van der Waals surface area contributed by atoms with Crippen LogP contribution >= 0.6 is 0 Å². The van der Waals surface area contributed by atoms with Crippen LogP contribution in [-0.2, 0) is 4.74 Å². The average molecular weight is 246 g/mol. The first-order valence-corrected chi connectivity index (χ1v) is 5.72. The first kappa shape index (κ1) is 12.2. The monoisotopic (exact) mass is 246 g/mol. The molecule has 5 heteroatoms. The number of rotatable bonds is 3. The maximum atomic E-state index is 11.9. The van der Waals surface area contributed by atoms with Gasteiger partial charge in [0.05, 0.1) is 12.2 Å². The molecular formula is C13H14N2O3. The fraction of sp³-hybridized carbons (Fsp3) is 0.231. The molecule has 0 saturated carbocycles. The van der Waals surface area contributed by atoms with Crippen molar-refractivity contribution < 1.29 is 9.53 Å². The van der Waals surface area contributed by atoms with Crippen molar-refractivity contribution >= 4 is 22.6 Å². The molecule has 0 atom stereocenters. The number of hydrogen-bond acceptors (Lipinski definition) is 4. The minimum Gasteiger partial charge on any atom is -0.462 e. The summed E-state index contributed by atoms with van der Waals surface area (Å²) in [7, 11) is 0. The molecule has 0 radical (unpaired) electrons. The predicted octanol–water partition coefficient (Wildman–Crippen LogP) is 1.68. The van der Waals surface area contributed by atoms with E-state index >= 15 is 0 Å². The number of H-pyrrole nitrogens is 1. The van der Waals surface area contributed by atoms with Crippen LogP contribution in [0.25, 0.3) is 10.9 Å². The number of ether oxygens (including phenoxy) is 1. The number of nitrogens with one attached hydrogen (secondary N) is 1. The van der Waals surface area contributed by atoms with Gasteiger partial charge in [-0.3, -0.25) is 4.79 Å². The highest BCUT2D eigenvalue weighted by Crippen LogP contribution is 2.22. The van der Waals surface area contributed by atoms with Crippen LogP contribution in [0.5, 0.6) is 0 Å². The van der Waals surface area contributed by atoms with Crippen LogP contribution in [0.1, 0.15) is 23.7 Å². The number of aromatic nitrogens is 1. The van der Waals surface area contributed by atoms with Gasteiger partial charge in [-0.25, -0.2) is 4.79 Å². The van der Waals surface area contributed by atoms with E-state index in [0.29, 0.717) is 28.8 Å². The zero-order valence-electron chi connectivity index (χ0n) is 10.0. The van der Waals surface area contributed by atoms with Gasteiger partial charge in [0.15, 0.2) is 0 Å². The van der Waals surface area contributed by atoms with Gasteiger partial charge in [-0.2, -0.15) is 0 Å². The molecule has 0 amide bonds. The van der Waals surface area contributed by atoms with Gasteiger partial charge in [0, 0.05) is 22.7 Å². The summed E-state index contributed by atoms with van der Waals surface area (Å²) in [5.74, 6) is -0.466. The molecule has 1 aromatic heterocycles. The molecule has 2 rings (SSSR count). The molecule has 3 N–H and O–H groups in total. The molecule has 0 aliphatic carbocycles. The number of anilines is 1. The van der Waals surface area contributed by atoms with Crippen molar-refractivity contribution in [2.75, 3.05) is 12.3 Å². The van der Waals surface area contributed by atoms with Gasteiger partial charge in [-0.05, 0) is 24.6 Å². The molecule has 1 heterocycles. The molecule has 1 aromatic carbocycles. The van der Waals surface area contributed by atoms with Gasteiger partial charge in [-0.15, -0.1) is 0 Å². The predicted molar refractivity (Wildman–Crippen MR) is 69.6 cm³/mol. The van der Waals surface area contributed by atoms with Crippen LogP contribution in [0, 0.1) is 0 Å². The second-order valence-corrected chi connectivity index (χ2v) is 3.95. The first-order chi connectivity index (χ1) is 8.63. The smallest absolute Gasteiger partial charge is 0.340 e. The summed E-state index contributed by atoms with van der Waals surface area (Å²) >= 11 is 0. The molecule has 0 aliphatic heterocycles. The summed E-state index contributed by atoms with van der Waals surface area (Å²) in [4.78, 5) is 25.8. The number of fused-ring (bicyclic) bond motifs is 1. The lowest BCUT2D eigenvalue weighted by Gasteiger charge is -2.09. The summed E-state index contributed by atoms with van der Waals surface area (Å²) in [5.41, 5.74) is 6.80. The zero-order valence-corrected chi connectivity index (χ0v) is 10.0. The molecule has 2 aromatic rings. The van der Waals surface area contributed by atoms with Gasteiger partial charge < -0.3 is 15.5 Å². The molecule has 0 unspecified atom stereocenters. The molecule has 94 valence electrons. The lowest BCUT2D eigenvalue weighted by molar-refractivity contribution is 0.0508. The van der Waals surface area contributed by atoms with Crippen molar-refractivity contribution in [3.63, 3.8) is 0 Å². The number of aromatic amines is 1. The second-order valence-electron chi connectivity index (χ2n) is 3.95. The number of nitrogens with two attached hydrogens (primary N) is 1. The van der Waals surface area contributed by atoms with E-state index < -0.39 is 5.97 Å². The van der Waals surface area contributed by atoms with Crippen LogP contribution in [0.2, 0.25) is 0 Å². The minimum atomic E-state index is -0.466. The number of carbonyl (C=O) groups is 1. The van der Waals surface area contributed by atoms with Gasteiger partial charge in [0.25, 0.3) is 0 Å². The van der Waals surface area contributed by atoms with E-state index in [1.165, 1.54) is 6.07 Å². The molecule has 18 heavy (non-hydrogen) atoms. The first-order valence-electron chi connectivity index (χ1n) is 5.72. The Labute approximate surface area is 104 Å². The number of pyridine rings is 1. The Bertz CT molecular complexity index is 646. The zero-order chi connectivity index (χ0) is 13.1. The molecule has 5 nitrogen and oxygen atoms in total. The molecule has 0 bridgehead atoms. The highest BCUT2D eigenvalue weighted by molar-refractivity contribution is 6.08. The Kier molecular flexibility index (Phi) is 3.32. The molecule has 0 fully saturated rings. The van der Waals surface area contributed by atoms with E-state index in [4.69, 9.17) is 10.5 Å². The second kappa shape index (κ2) is 4.91. The van der Waals surface area contributed by atoms with Crippen molar-refractivity contribution in [1.82, 2.24) is 4.98 Å². The average Bonchev–Trinajstić information content (AvgIpc) is 2.36. The van der Waals surface area contributed by atoms with E-state index in [-0.39, 0.29) is 5.56 Å². The summed E-state index contributed by atoms with van der Waals surface area (Å²) in [6, 6.07) is 6.19.